The van der Waals surface area contributed by atoms with Crippen LogP contribution in [0.2, 0.25) is 0 Å². The first-order valence-corrected chi connectivity index (χ1v) is 4.76. The van der Waals surface area contributed by atoms with Gasteiger partial charge in [-0.1, -0.05) is 0 Å². The summed E-state index contributed by atoms with van der Waals surface area (Å²) in [6.45, 7) is 6.58. The average molecular weight is 294 g/mol. The fourth-order valence-corrected chi connectivity index (χ4v) is 0.371. The van der Waals surface area contributed by atoms with E-state index in [1.807, 2.05) is 0 Å². The van der Waals surface area contributed by atoms with Crippen molar-refractivity contribution in [2.45, 2.75) is 0 Å². The van der Waals surface area contributed by atoms with Crippen molar-refractivity contribution >= 4 is 24.1 Å². The molecule has 0 radical (unpaired) electrons. The first-order valence-electron chi connectivity index (χ1n) is 4.76. The molecule has 0 rings (SSSR count). The van der Waals surface area contributed by atoms with Gasteiger partial charge < -0.3 is 45.0 Å². The maximum atomic E-state index is 10.0. The zero-order chi connectivity index (χ0) is 17.1. The summed E-state index contributed by atoms with van der Waals surface area (Å²) in [5.74, 6) is 0. The van der Waals surface area contributed by atoms with Crippen LogP contribution in [0.5, 0.6) is 0 Å². The fourth-order valence-electron chi connectivity index (χ4n) is 0.371. The zero-order valence-electron chi connectivity index (χ0n) is 10.9. The van der Waals surface area contributed by atoms with E-state index in [1.54, 1.807) is 0 Å². The van der Waals surface area contributed by atoms with Crippen LogP contribution in [0.1, 0.15) is 0 Å². The third-order valence-corrected chi connectivity index (χ3v) is 0.723. The number of nitrogens with two attached hydrogens (primary N) is 6. The number of carbonyl (C=O) groups excluding carboxylic acids is 4. The standard InChI is InChI=1S/C4H10N4O2.C2H4.2CH4N2O/c5-3(9)7-1-2-8-4(6)10;1-2;2*2-1(3)4/h1-2H2,(H3,5,7,9)(H3,6,8,10);1-2H2;2*(H4,2,3,4). The second-order valence-corrected chi connectivity index (χ2v) is 2.39. The number of primary amides is 6. The maximum absolute atomic E-state index is 10.0. The van der Waals surface area contributed by atoms with Crippen LogP contribution in [0, 0.1) is 0 Å². The van der Waals surface area contributed by atoms with Crippen molar-refractivity contribution in [1.82, 2.24) is 10.6 Å². The second-order valence-electron chi connectivity index (χ2n) is 2.39. The Morgan fingerprint density at radius 2 is 0.800 bits per heavy atom. The molecule has 12 heteroatoms. The van der Waals surface area contributed by atoms with Gasteiger partial charge in [0.05, 0.1) is 0 Å². The number of rotatable bonds is 3. The van der Waals surface area contributed by atoms with Crippen LogP contribution in [0.15, 0.2) is 13.2 Å². The first kappa shape index (κ1) is 25.6. The average Bonchev–Trinajstić information content (AvgIpc) is 2.25. The van der Waals surface area contributed by atoms with E-state index in [0.717, 1.165) is 0 Å². The topological polar surface area (TPSA) is 248 Å². The number of amides is 8. The molecule has 0 saturated heterocycles. The van der Waals surface area contributed by atoms with Crippen molar-refractivity contribution in [2.75, 3.05) is 13.1 Å². The van der Waals surface area contributed by atoms with Gasteiger partial charge in [-0.25, -0.2) is 19.2 Å². The Kier molecular flexibility index (Phi) is 27.1. The third-order valence-electron chi connectivity index (χ3n) is 0.723. The highest BCUT2D eigenvalue weighted by molar-refractivity contribution is 5.72. The Hall–Kier alpha value is -3.18. The molecular formula is C8H22N8O4. The van der Waals surface area contributed by atoms with Crippen molar-refractivity contribution in [3.63, 3.8) is 0 Å². The minimum absolute atomic E-state index is 0.290. The molecule has 0 aromatic heterocycles. The lowest BCUT2D eigenvalue weighted by Gasteiger charge is -2.00. The molecule has 0 bridgehead atoms. The number of carbonyl (C=O) groups is 4. The molecule has 20 heavy (non-hydrogen) atoms. The van der Waals surface area contributed by atoms with Gasteiger partial charge in [0.15, 0.2) is 0 Å². The van der Waals surface area contributed by atoms with Gasteiger partial charge in [-0.3, -0.25) is 0 Å². The van der Waals surface area contributed by atoms with Gasteiger partial charge in [0, 0.05) is 13.1 Å². The van der Waals surface area contributed by atoms with Crippen LogP contribution in [-0.4, -0.2) is 37.2 Å². The minimum atomic E-state index is -0.833. The quantitative estimate of drug-likeness (QED) is 0.202. The summed E-state index contributed by atoms with van der Waals surface area (Å²) in [6.07, 6.45) is 0. The number of nitrogens with one attached hydrogen (secondary N) is 2. The number of hydrogen-bond acceptors (Lipinski definition) is 4. The van der Waals surface area contributed by atoms with Gasteiger partial charge in [-0.05, 0) is 0 Å². The maximum Gasteiger partial charge on any atom is 0.312 e. The van der Waals surface area contributed by atoms with E-state index in [1.165, 1.54) is 0 Å². The van der Waals surface area contributed by atoms with E-state index in [2.05, 4.69) is 46.7 Å². The molecular weight excluding hydrogens is 272 g/mol. The monoisotopic (exact) mass is 294 g/mol. The van der Waals surface area contributed by atoms with Crippen molar-refractivity contribution in [2.24, 2.45) is 34.4 Å². The fraction of sp³-hybridized carbons (Fsp3) is 0.250. The molecule has 0 aliphatic carbocycles. The summed E-state index contributed by atoms with van der Waals surface area (Å²) >= 11 is 0. The lowest BCUT2D eigenvalue weighted by molar-refractivity contribution is 0.245. The molecule has 0 aromatic carbocycles. The largest absolute Gasteiger partial charge is 0.352 e. The van der Waals surface area contributed by atoms with E-state index in [-0.39, 0.29) is 13.1 Å². The summed E-state index contributed by atoms with van der Waals surface area (Å²) in [5.41, 5.74) is 26.4. The summed E-state index contributed by atoms with van der Waals surface area (Å²) < 4.78 is 0. The summed E-state index contributed by atoms with van der Waals surface area (Å²) in [6, 6.07) is -2.91. The highest BCUT2D eigenvalue weighted by Crippen LogP contribution is 1.58. The molecule has 0 spiro atoms. The zero-order valence-corrected chi connectivity index (χ0v) is 10.9. The Labute approximate surface area is 115 Å². The predicted octanol–water partition coefficient (Wildman–Crippen LogP) is -2.83. The van der Waals surface area contributed by atoms with Gasteiger partial charge in [-0.2, -0.15) is 0 Å². The van der Waals surface area contributed by atoms with Crippen molar-refractivity contribution < 1.29 is 19.2 Å². The van der Waals surface area contributed by atoms with E-state index in [4.69, 9.17) is 21.1 Å². The van der Waals surface area contributed by atoms with Crippen molar-refractivity contribution in [3.05, 3.63) is 13.2 Å². The Bertz CT molecular complexity index is 260. The normalized spacial score (nSPS) is 6.80. The predicted molar refractivity (Wildman–Crippen MR) is 74.0 cm³/mol. The Balaban J connectivity index is -0.000000106. The van der Waals surface area contributed by atoms with Crippen LogP contribution < -0.4 is 45.0 Å². The van der Waals surface area contributed by atoms with Crippen LogP contribution >= 0.6 is 0 Å². The molecule has 0 unspecified atom stereocenters. The lowest BCUT2D eigenvalue weighted by atomic mass is 10.6. The van der Waals surface area contributed by atoms with Gasteiger partial charge in [0.25, 0.3) is 0 Å². The van der Waals surface area contributed by atoms with Gasteiger partial charge in [0.1, 0.15) is 0 Å². The molecule has 118 valence electrons. The Morgan fingerprint density at radius 3 is 0.900 bits per heavy atom. The van der Waals surface area contributed by atoms with Crippen molar-refractivity contribution in [3.8, 4) is 0 Å². The van der Waals surface area contributed by atoms with E-state index < -0.39 is 24.1 Å². The molecule has 0 fully saturated rings. The summed E-state index contributed by atoms with van der Waals surface area (Å²) in [7, 11) is 0. The molecule has 8 amide bonds. The van der Waals surface area contributed by atoms with Gasteiger partial charge in [-0.15, -0.1) is 13.2 Å². The van der Waals surface area contributed by atoms with Gasteiger partial charge in [0.2, 0.25) is 0 Å². The lowest BCUT2D eigenvalue weighted by Crippen LogP contribution is -2.39. The molecule has 12 nitrogen and oxygen atoms in total. The van der Waals surface area contributed by atoms with Gasteiger partial charge >= 0.3 is 24.1 Å². The molecule has 0 aliphatic heterocycles. The molecule has 0 heterocycles. The molecule has 0 saturated carbocycles. The minimum Gasteiger partial charge on any atom is -0.352 e. The summed E-state index contributed by atoms with van der Waals surface area (Å²) in [4.78, 5) is 38.0. The number of hydrogen-bond donors (Lipinski definition) is 8. The second kappa shape index (κ2) is 21.1. The third kappa shape index (κ3) is 194. The number of urea groups is 4. The highest BCUT2D eigenvalue weighted by Gasteiger charge is 1.91. The Morgan fingerprint density at radius 1 is 0.650 bits per heavy atom. The molecule has 0 atom stereocenters. The van der Waals surface area contributed by atoms with E-state index in [0.29, 0.717) is 0 Å². The molecule has 0 aliphatic rings. The molecule has 14 N–H and O–H groups in total. The van der Waals surface area contributed by atoms with Crippen LogP contribution in [0.3, 0.4) is 0 Å². The van der Waals surface area contributed by atoms with Crippen LogP contribution in [0.25, 0.3) is 0 Å². The van der Waals surface area contributed by atoms with Crippen LogP contribution in [0.4, 0.5) is 19.2 Å². The SMILES string of the molecule is C=C.NC(=O)NCCNC(N)=O.NC(N)=O.NC(N)=O. The van der Waals surface area contributed by atoms with Crippen molar-refractivity contribution in [1.29, 1.82) is 0 Å². The van der Waals surface area contributed by atoms with E-state index >= 15 is 0 Å². The smallest absolute Gasteiger partial charge is 0.312 e. The summed E-state index contributed by atoms with van der Waals surface area (Å²) in [5, 5.41) is 4.54. The van der Waals surface area contributed by atoms with Crippen LogP contribution in [-0.2, 0) is 0 Å². The first-order chi connectivity index (χ1) is 9.09. The van der Waals surface area contributed by atoms with E-state index in [9.17, 15) is 9.59 Å². The highest BCUT2D eigenvalue weighted by atomic mass is 16.2. The molecule has 0 aromatic rings.